The van der Waals surface area contributed by atoms with Gasteiger partial charge < -0.3 is 10.6 Å². The summed E-state index contributed by atoms with van der Waals surface area (Å²) in [6.07, 6.45) is 1.70. The van der Waals surface area contributed by atoms with Crippen molar-refractivity contribution in [3.8, 4) is 0 Å². The number of benzene rings is 2. The van der Waals surface area contributed by atoms with Gasteiger partial charge in [-0.3, -0.25) is 9.59 Å². The molecule has 132 valence electrons. The topological polar surface area (TPSA) is 58.2 Å². The van der Waals surface area contributed by atoms with Crippen LogP contribution >= 0.6 is 11.6 Å². The monoisotopic (exact) mass is 358 g/mol. The second-order valence-electron chi connectivity index (χ2n) is 6.40. The Kier molecular flexibility index (Phi) is 6.59. The van der Waals surface area contributed by atoms with Crippen molar-refractivity contribution in [3.63, 3.8) is 0 Å². The third-order valence-corrected chi connectivity index (χ3v) is 4.36. The van der Waals surface area contributed by atoms with E-state index in [0.29, 0.717) is 17.3 Å². The average Bonchev–Trinajstić information content (AvgIpc) is 2.61. The van der Waals surface area contributed by atoms with Gasteiger partial charge in [-0.25, -0.2) is 0 Å². The van der Waals surface area contributed by atoms with Crippen LogP contribution in [0.5, 0.6) is 0 Å². The van der Waals surface area contributed by atoms with Gasteiger partial charge >= 0.3 is 0 Å². The third-order valence-electron chi connectivity index (χ3n) is 4.03. The van der Waals surface area contributed by atoms with E-state index in [2.05, 4.69) is 22.8 Å². The fraction of sp³-hybridized carbons (Fsp3) is 0.300. The summed E-state index contributed by atoms with van der Waals surface area (Å²) >= 11 is 6.04. The van der Waals surface area contributed by atoms with Crippen LogP contribution in [0.25, 0.3) is 0 Å². The summed E-state index contributed by atoms with van der Waals surface area (Å²) in [6, 6.07) is 17.0. The Hall–Kier alpha value is -2.33. The molecule has 2 aromatic rings. The van der Waals surface area contributed by atoms with Crippen molar-refractivity contribution in [1.82, 2.24) is 5.32 Å². The van der Waals surface area contributed by atoms with E-state index in [1.54, 1.807) is 38.1 Å². The quantitative estimate of drug-likeness (QED) is 0.579. The number of hydrogen-bond donors (Lipinski definition) is 2. The zero-order valence-electron chi connectivity index (χ0n) is 14.5. The molecule has 0 bridgehead atoms. The van der Waals surface area contributed by atoms with E-state index in [4.69, 9.17) is 11.6 Å². The minimum absolute atomic E-state index is 0.301. The van der Waals surface area contributed by atoms with Gasteiger partial charge in [-0.1, -0.05) is 54.1 Å². The minimum atomic E-state index is -1.19. The van der Waals surface area contributed by atoms with Crippen LogP contribution in [-0.4, -0.2) is 18.4 Å². The molecule has 0 aliphatic carbocycles. The molecular weight excluding hydrogens is 336 g/mol. The molecule has 0 atom stereocenters. The molecule has 2 N–H and O–H groups in total. The molecule has 0 saturated carbocycles. The van der Waals surface area contributed by atoms with E-state index in [9.17, 15) is 9.59 Å². The van der Waals surface area contributed by atoms with E-state index < -0.39 is 5.41 Å². The van der Waals surface area contributed by atoms with Crippen molar-refractivity contribution >= 4 is 29.1 Å². The Morgan fingerprint density at radius 2 is 1.60 bits per heavy atom. The van der Waals surface area contributed by atoms with Gasteiger partial charge in [-0.15, -0.1) is 0 Å². The van der Waals surface area contributed by atoms with Gasteiger partial charge in [-0.05, 0) is 44.4 Å². The normalized spacial score (nSPS) is 11.0. The van der Waals surface area contributed by atoms with E-state index >= 15 is 0 Å². The number of para-hydroxylation sites is 1. The average molecular weight is 359 g/mol. The van der Waals surface area contributed by atoms with Gasteiger partial charge in [0.15, 0.2) is 0 Å². The lowest BCUT2D eigenvalue weighted by Gasteiger charge is -2.23. The van der Waals surface area contributed by atoms with Gasteiger partial charge in [-0.2, -0.15) is 0 Å². The summed E-state index contributed by atoms with van der Waals surface area (Å²) in [5.41, 5.74) is 0.540. The summed E-state index contributed by atoms with van der Waals surface area (Å²) in [4.78, 5) is 24.8. The van der Waals surface area contributed by atoms with Crippen LogP contribution in [0.1, 0.15) is 25.8 Å². The third kappa shape index (κ3) is 5.33. The molecule has 0 spiro atoms. The lowest BCUT2D eigenvalue weighted by atomic mass is 9.91. The van der Waals surface area contributed by atoms with E-state index in [0.717, 1.165) is 12.8 Å². The molecule has 2 aromatic carbocycles. The van der Waals surface area contributed by atoms with Crippen molar-refractivity contribution in [3.05, 3.63) is 65.2 Å². The number of amides is 2. The Bertz CT molecular complexity index is 729. The summed E-state index contributed by atoms with van der Waals surface area (Å²) in [5.74, 6) is -0.689. The summed E-state index contributed by atoms with van der Waals surface area (Å²) in [6.45, 7) is 3.73. The van der Waals surface area contributed by atoms with E-state index in [-0.39, 0.29) is 11.8 Å². The number of anilines is 1. The zero-order chi connectivity index (χ0) is 18.3. The SMILES string of the molecule is CC(C)(C(=O)NCCCc1ccccc1)C(=O)Nc1ccccc1Cl. The molecular formula is C20H23ClN2O2. The van der Waals surface area contributed by atoms with Crippen molar-refractivity contribution in [2.75, 3.05) is 11.9 Å². The Morgan fingerprint density at radius 1 is 0.960 bits per heavy atom. The van der Waals surface area contributed by atoms with Gasteiger partial charge in [0.1, 0.15) is 5.41 Å². The molecule has 0 aromatic heterocycles. The van der Waals surface area contributed by atoms with Crippen molar-refractivity contribution in [1.29, 1.82) is 0 Å². The number of carbonyl (C=O) groups excluding carboxylic acids is 2. The summed E-state index contributed by atoms with van der Waals surface area (Å²) in [5, 5.41) is 6.00. The Labute approximate surface area is 153 Å². The van der Waals surface area contributed by atoms with Gasteiger partial charge in [0, 0.05) is 6.54 Å². The van der Waals surface area contributed by atoms with E-state index in [1.807, 2.05) is 18.2 Å². The van der Waals surface area contributed by atoms with Crippen LogP contribution in [0.15, 0.2) is 54.6 Å². The Morgan fingerprint density at radius 3 is 2.28 bits per heavy atom. The Balaban J connectivity index is 1.84. The predicted molar refractivity (Wildman–Crippen MR) is 102 cm³/mol. The molecule has 0 aliphatic heterocycles. The molecule has 4 nitrogen and oxygen atoms in total. The first-order chi connectivity index (χ1) is 11.9. The van der Waals surface area contributed by atoms with Crippen LogP contribution in [-0.2, 0) is 16.0 Å². The highest BCUT2D eigenvalue weighted by Gasteiger charge is 2.36. The van der Waals surface area contributed by atoms with Gasteiger partial charge in [0.2, 0.25) is 11.8 Å². The molecule has 25 heavy (non-hydrogen) atoms. The van der Waals surface area contributed by atoms with Crippen molar-refractivity contribution < 1.29 is 9.59 Å². The fourth-order valence-corrected chi connectivity index (χ4v) is 2.49. The highest BCUT2D eigenvalue weighted by molar-refractivity contribution is 6.33. The maximum atomic E-state index is 12.5. The number of nitrogens with one attached hydrogen (secondary N) is 2. The maximum Gasteiger partial charge on any atom is 0.239 e. The van der Waals surface area contributed by atoms with Crippen LogP contribution in [0, 0.1) is 5.41 Å². The molecule has 5 heteroatoms. The second-order valence-corrected chi connectivity index (χ2v) is 6.81. The minimum Gasteiger partial charge on any atom is -0.355 e. The smallest absolute Gasteiger partial charge is 0.239 e. The number of halogens is 1. The van der Waals surface area contributed by atoms with Crippen LogP contribution in [0.4, 0.5) is 5.69 Å². The molecule has 2 rings (SSSR count). The molecule has 0 fully saturated rings. The molecule has 0 heterocycles. The first-order valence-corrected chi connectivity index (χ1v) is 8.67. The molecule has 0 aliphatic rings. The first-order valence-electron chi connectivity index (χ1n) is 8.29. The first kappa shape index (κ1) is 19.0. The molecule has 2 amide bonds. The summed E-state index contributed by atoms with van der Waals surface area (Å²) in [7, 11) is 0. The maximum absolute atomic E-state index is 12.5. The molecule has 0 radical (unpaired) electrons. The number of rotatable bonds is 7. The molecule has 0 saturated heterocycles. The fourth-order valence-electron chi connectivity index (χ4n) is 2.30. The lowest BCUT2D eigenvalue weighted by molar-refractivity contribution is -0.138. The van der Waals surface area contributed by atoms with Gasteiger partial charge in [0.25, 0.3) is 0 Å². The molecule has 0 unspecified atom stereocenters. The van der Waals surface area contributed by atoms with Gasteiger partial charge in [0.05, 0.1) is 10.7 Å². The highest BCUT2D eigenvalue weighted by Crippen LogP contribution is 2.24. The number of carbonyl (C=O) groups is 2. The van der Waals surface area contributed by atoms with Crippen LogP contribution < -0.4 is 10.6 Å². The standard InChI is InChI=1S/C20H23ClN2O2/c1-20(2,19(25)23-17-13-7-6-12-16(17)21)18(24)22-14-8-11-15-9-4-3-5-10-15/h3-7,9-10,12-13H,8,11,14H2,1-2H3,(H,22,24)(H,23,25). The zero-order valence-corrected chi connectivity index (χ0v) is 15.3. The number of hydrogen-bond acceptors (Lipinski definition) is 2. The van der Waals surface area contributed by atoms with E-state index in [1.165, 1.54) is 5.56 Å². The van der Waals surface area contributed by atoms with Crippen molar-refractivity contribution in [2.24, 2.45) is 5.41 Å². The van der Waals surface area contributed by atoms with Crippen molar-refractivity contribution in [2.45, 2.75) is 26.7 Å². The number of aryl methyl sites for hydroxylation is 1. The van der Waals surface area contributed by atoms with Crippen LogP contribution in [0.3, 0.4) is 0 Å². The van der Waals surface area contributed by atoms with Crippen LogP contribution in [0.2, 0.25) is 5.02 Å². The lowest BCUT2D eigenvalue weighted by Crippen LogP contribution is -2.45. The predicted octanol–water partition coefficient (Wildman–Crippen LogP) is 4.05. The largest absolute Gasteiger partial charge is 0.355 e. The highest BCUT2D eigenvalue weighted by atomic mass is 35.5. The summed E-state index contributed by atoms with van der Waals surface area (Å²) < 4.78 is 0. The second kappa shape index (κ2) is 8.67.